The Morgan fingerprint density at radius 3 is 2.38 bits per heavy atom. The molecule has 0 aliphatic heterocycles. The molecule has 0 aromatic carbocycles. The van der Waals surface area contributed by atoms with E-state index in [-0.39, 0.29) is 0 Å². The van der Waals surface area contributed by atoms with Crippen molar-refractivity contribution in [3.8, 4) is 0 Å². The van der Waals surface area contributed by atoms with Gasteiger partial charge in [0.25, 0.3) is 0 Å². The third-order valence-corrected chi connectivity index (χ3v) is 0.757. The van der Waals surface area contributed by atoms with E-state index in [0.717, 1.165) is 6.08 Å². The summed E-state index contributed by atoms with van der Waals surface area (Å²) in [7, 11) is 0. The van der Waals surface area contributed by atoms with Crippen molar-refractivity contribution >= 4 is 5.97 Å². The molecule has 0 aliphatic carbocycles. The van der Waals surface area contributed by atoms with Gasteiger partial charge in [-0.2, -0.15) is 0 Å². The van der Waals surface area contributed by atoms with Crippen LogP contribution in [0.5, 0.6) is 0 Å². The monoisotopic (exact) mass is 115 g/mol. The van der Waals surface area contributed by atoms with E-state index in [4.69, 9.17) is 5.11 Å². The van der Waals surface area contributed by atoms with Crippen LogP contribution in [0.15, 0.2) is 12.3 Å². The summed E-state index contributed by atoms with van der Waals surface area (Å²) in [6.45, 7) is 1.44. The van der Waals surface area contributed by atoms with Crippen LogP contribution in [0.1, 0.15) is 6.92 Å². The van der Waals surface area contributed by atoms with Crippen molar-refractivity contribution in [1.82, 2.24) is 0 Å². The molecule has 0 aliphatic rings. The maximum atomic E-state index is 9.90. The lowest BCUT2D eigenvalue weighted by molar-refractivity contribution is -0.139. The molecule has 1 atom stereocenters. The van der Waals surface area contributed by atoms with Gasteiger partial charge in [-0.3, -0.25) is 9.90 Å². The Bertz CT molecular complexity index is 106. The zero-order valence-corrected chi connectivity index (χ0v) is 4.50. The average Bonchev–Trinajstić information content (AvgIpc) is 1.67. The second-order valence-electron chi connectivity index (χ2n) is 1.46. The van der Waals surface area contributed by atoms with Gasteiger partial charge in [0.2, 0.25) is 0 Å². The lowest BCUT2D eigenvalue weighted by atomic mass is 10.2. The molecular formula is C5H7O3. The van der Waals surface area contributed by atoms with Gasteiger partial charge in [0.15, 0.2) is 0 Å². The van der Waals surface area contributed by atoms with Crippen molar-refractivity contribution in [3.63, 3.8) is 0 Å². The van der Waals surface area contributed by atoms with Crippen LogP contribution in [0.25, 0.3) is 0 Å². The molecule has 0 aromatic heterocycles. The topological polar surface area (TPSA) is 57.2 Å². The molecular weight excluding hydrogens is 108 g/mol. The van der Waals surface area contributed by atoms with Crippen LogP contribution >= 0.6 is 0 Å². The number of aliphatic carboxylic acids is 1. The zero-order valence-electron chi connectivity index (χ0n) is 4.50. The molecule has 1 unspecified atom stereocenters. The van der Waals surface area contributed by atoms with Gasteiger partial charge in [-0.05, 0) is 13.0 Å². The van der Waals surface area contributed by atoms with E-state index in [1.54, 1.807) is 0 Å². The summed E-state index contributed by atoms with van der Waals surface area (Å²) >= 11 is 0. The van der Waals surface area contributed by atoms with E-state index in [9.17, 15) is 9.90 Å². The van der Waals surface area contributed by atoms with Crippen molar-refractivity contribution in [2.24, 2.45) is 5.92 Å². The Balaban J connectivity index is 3.64. The van der Waals surface area contributed by atoms with Crippen molar-refractivity contribution in [2.75, 3.05) is 0 Å². The molecule has 1 N–H and O–H groups in total. The smallest absolute Gasteiger partial charge is 0.310 e. The maximum Gasteiger partial charge on any atom is 0.310 e. The Hall–Kier alpha value is -0.990. The number of carboxylic acid groups (broad SMARTS) is 1. The van der Waals surface area contributed by atoms with Gasteiger partial charge in [-0.15, -0.1) is 0 Å². The van der Waals surface area contributed by atoms with Crippen LogP contribution in [-0.2, 0) is 9.90 Å². The fraction of sp³-hybridized carbons (Fsp3) is 0.400. The van der Waals surface area contributed by atoms with Crippen LogP contribution in [0.2, 0.25) is 0 Å². The minimum atomic E-state index is -0.975. The molecule has 8 heavy (non-hydrogen) atoms. The molecule has 0 spiro atoms. The third-order valence-electron chi connectivity index (χ3n) is 0.757. The van der Waals surface area contributed by atoms with Crippen molar-refractivity contribution in [1.29, 1.82) is 0 Å². The van der Waals surface area contributed by atoms with Crippen LogP contribution in [0, 0.1) is 5.92 Å². The van der Waals surface area contributed by atoms with Gasteiger partial charge in [0, 0.05) is 0 Å². The molecule has 0 bridgehead atoms. The third kappa shape index (κ3) is 2.23. The Morgan fingerprint density at radius 2 is 2.25 bits per heavy atom. The van der Waals surface area contributed by atoms with Crippen LogP contribution in [-0.4, -0.2) is 11.1 Å². The summed E-state index contributed by atoms with van der Waals surface area (Å²) in [5.41, 5.74) is 0. The Morgan fingerprint density at radius 1 is 1.75 bits per heavy atom. The minimum Gasteiger partial charge on any atom is -0.481 e. The van der Waals surface area contributed by atoms with Gasteiger partial charge < -0.3 is 5.11 Å². The predicted octanol–water partition coefficient (Wildman–Crippen LogP) is 0.651. The first-order valence-electron chi connectivity index (χ1n) is 2.20. The Kier molecular flexibility index (Phi) is 2.69. The summed E-state index contributed by atoms with van der Waals surface area (Å²) in [5, 5.41) is 17.7. The minimum absolute atomic E-state index is 0.485. The molecule has 3 heteroatoms. The van der Waals surface area contributed by atoms with E-state index in [0.29, 0.717) is 6.26 Å². The first-order valence-corrected chi connectivity index (χ1v) is 2.20. The van der Waals surface area contributed by atoms with Crippen LogP contribution < -0.4 is 0 Å². The number of carboxylic acids is 1. The number of rotatable bonds is 2. The predicted molar refractivity (Wildman–Crippen MR) is 26.6 cm³/mol. The van der Waals surface area contributed by atoms with E-state index in [1.165, 1.54) is 6.92 Å². The highest BCUT2D eigenvalue weighted by Gasteiger charge is 2.04. The molecule has 0 saturated carbocycles. The molecule has 0 fully saturated rings. The van der Waals surface area contributed by atoms with Crippen molar-refractivity contribution in [3.05, 3.63) is 12.3 Å². The van der Waals surface area contributed by atoms with Gasteiger partial charge >= 0.3 is 5.97 Å². The van der Waals surface area contributed by atoms with Gasteiger partial charge in [-0.1, -0.05) is 0 Å². The second kappa shape index (κ2) is 3.07. The highest BCUT2D eigenvalue weighted by atomic mass is 16.4. The maximum absolute atomic E-state index is 9.90. The largest absolute Gasteiger partial charge is 0.481 e. The zero-order chi connectivity index (χ0) is 6.57. The quantitative estimate of drug-likeness (QED) is 0.537. The molecule has 0 aromatic rings. The molecule has 0 heterocycles. The second-order valence-corrected chi connectivity index (χ2v) is 1.46. The van der Waals surface area contributed by atoms with E-state index < -0.39 is 11.9 Å². The van der Waals surface area contributed by atoms with Crippen LogP contribution in [0.4, 0.5) is 0 Å². The van der Waals surface area contributed by atoms with Gasteiger partial charge in [0.05, 0.1) is 5.92 Å². The highest BCUT2D eigenvalue weighted by molar-refractivity contribution is 5.71. The SMILES string of the molecule is CC(/C=C/[O])C(=O)O. The molecule has 0 amide bonds. The summed E-state index contributed by atoms with van der Waals surface area (Å²) in [5.74, 6) is -1.63. The fourth-order valence-corrected chi connectivity index (χ4v) is 0.200. The number of hydrogen-bond donors (Lipinski definition) is 1. The first kappa shape index (κ1) is 7.01. The van der Waals surface area contributed by atoms with Crippen molar-refractivity contribution in [2.45, 2.75) is 6.92 Å². The fourth-order valence-electron chi connectivity index (χ4n) is 0.200. The molecule has 45 valence electrons. The van der Waals surface area contributed by atoms with E-state index in [1.807, 2.05) is 0 Å². The van der Waals surface area contributed by atoms with E-state index in [2.05, 4.69) is 0 Å². The highest BCUT2D eigenvalue weighted by Crippen LogP contribution is 1.94. The van der Waals surface area contributed by atoms with Gasteiger partial charge in [-0.25, -0.2) is 0 Å². The molecule has 1 radical (unpaired) electrons. The molecule has 0 rings (SSSR count). The van der Waals surface area contributed by atoms with Crippen LogP contribution in [0.3, 0.4) is 0 Å². The van der Waals surface area contributed by atoms with Crippen molar-refractivity contribution < 1.29 is 15.0 Å². The first-order chi connectivity index (χ1) is 3.68. The number of hydrogen-bond acceptors (Lipinski definition) is 1. The Labute approximate surface area is 47.3 Å². The molecule has 3 nitrogen and oxygen atoms in total. The normalized spacial score (nSPS) is 14.1. The van der Waals surface area contributed by atoms with Gasteiger partial charge in [0.1, 0.15) is 6.26 Å². The molecule has 0 saturated heterocycles. The summed E-state index contributed by atoms with van der Waals surface area (Å²) in [4.78, 5) is 9.90. The lowest BCUT2D eigenvalue weighted by Crippen LogP contribution is -2.05. The standard InChI is InChI=1S/C5H7O3/c1-4(2-3-6)5(7)8/h2-4H,1H3,(H,7,8)/b3-2+. The summed E-state index contributed by atoms with van der Waals surface area (Å²) < 4.78 is 0. The number of carbonyl (C=O) groups is 1. The summed E-state index contributed by atoms with van der Waals surface area (Å²) in [6.07, 6.45) is 1.57. The lowest BCUT2D eigenvalue weighted by Gasteiger charge is -1.92. The summed E-state index contributed by atoms with van der Waals surface area (Å²) in [6, 6.07) is 0. The van der Waals surface area contributed by atoms with E-state index >= 15 is 0 Å². The average molecular weight is 115 g/mol.